The molecule has 0 aliphatic heterocycles. The fourth-order valence-corrected chi connectivity index (χ4v) is 5.10. The first-order chi connectivity index (χ1) is 22.2. The minimum absolute atomic E-state index is 0.00148. The first-order valence-corrected chi connectivity index (χ1v) is 16.3. The van der Waals surface area contributed by atoms with Gasteiger partial charge in [-0.05, 0) is 80.6 Å². The molecule has 0 aliphatic carbocycles. The minimum atomic E-state index is -4.48. The van der Waals surface area contributed by atoms with E-state index in [2.05, 4.69) is 15.9 Å². The molecule has 0 saturated carbocycles. The molecule has 0 aliphatic rings. The van der Waals surface area contributed by atoms with Crippen molar-refractivity contribution in [3.63, 3.8) is 0 Å². The van der Waals surface area contributed by atoms with E-state index in [-0.39, 0.29) is 47.1 Å². The van der Waals surface area contributed by atoms with Gasteiger partial charge in [0.25, 0.3) is 31.4 Å². The van der Waals surface area contributed by atoms with Crippen molar-refractivity contribution in [2.45, 2.75) is 23.6 Å². The smallest absolute Gasteiger partial charge is 0.357 e. The van der Waals surface area contributed by atoms with Gasteiger partial charge in [0.1, 0.15) is 0 Å². The summed E-state index contributed by atoms with van der Waals surface area (Å²) in [7, 11) is -8.96. The summed E-state index contributed by atoms with van der Waals surface area (Å²) in [5, 5.41) is 5.24. The van der Waals surface area contributed by atoms with Crippen molar-refractivity contribution >= 4 is 44.3 Å². The summed E-state index contributed by atoms with van der Waals surface area (Å²) >= 11 is 0. The number of nitrogens with one attached hydrogen (secondary N) is 2. The van der Waals surface area contributed by atoms with E-state index in [9.17, 15) is 45.1 Å². The zero-order valence-electron chi connectivity index (χ0n) is 24.5. The van der Waals surface area contributed by atoms with Gasteiger partial charge < -0.3 is 9.47 Å². The van der Waals surface area contributed by atoms with Gasteiger partial charge in [-0.25, -0.2) is 19.0 Å². The minimum Gasteiger partial charge on any atom is -0.461 e. The molecule has 4 aromatic rings. The van der Waals surface area contributed by atoms with Crippen LogP contribution in [0.1, 0.15) is 46.0 Å². The van der Waals surface area contributed by atoms with Crippen LogP contribution in [0, 0.1) is 0 Å². The Morgan fingerprint density at radius 1 is 0.745 bits per heavy atom. The number of allylic oxidation sites excluding steroid dienone is 2. The van der Waals surface area contributed by atoms with Crippen LogP contribution >= 0.6 is 0 Å². The third-order valence-electron chi connectivity index (χ3n) is 6.28. The molecule has 0 unspecified atom stereocenters. The Balaban J connectivity index is 1.72. The number of hydrogen-bond acceptors (Lipinski definition) is 10. The SMILES string of the molecule is CCOC(=O)c1[nH]n(-c2ccc(S(=O)(=O)O)cc2)c(=O)c1C=C=CC=Cc1c(C(=O)OCC)[nH]n(-c2ccc(S(=O)(=O)O)cc2)c1=O. The lowest BCUT2D eigenvalue weighted by atomic mass is 10.2. The maximum Gasteiger partial charge on any atom is 0.357 e. The number of rotatable bonds is 11. The quantitative estimate of drug-likeness (QED) is 0.0770. The Morgan fingerprint density at radius 2 is 1.15 bits per heavy atom. The van der Waals surface area contributed by atoms with Gasteiger partial charge >= 0.3 is 11.9 Å². The van der Waals surface area contributed by atoms with Crippen LogP contribution in [0.3, 0.4) is 0 Å². The molecule has 0 amide bonds. The predicted octanol–water partition coefficient (Wildman–Crippen LogP) is 2.37. The van der Waals surface area contributed by atoms with Gasteiger partial charge in [0.2, 0.25) is 0 Å². The molecule has 4 N–H and O–H groups in total. The zero-order valence-corrected chi connectivity index (χ0v) is 26.2. The number of nitrogens with zero attached hydrogens (tertiary/aromatic N) is 2. The van der Waals surface area contributed by atoms with Gasteiger partial charge in [-0.1, -0.05) is 6.08 Å². The molecule has 0 radical (unpaired) electrons. The number of aromatic amines is 2. The van der Waals surface area contributed by atoms with Crippen molar-refractivity contribution in [3.8, 4) is 11.4 Å². The standard InChI is InChI=1S/C29H26N4O12S2/c1-3-44-28(36)24-22(26(34)32(30-24)18-10-14-20(15-11-18)46(38,39)40)8-6-5-7-9-23-25(29(37)45-4-2)31-33(27(23)35)19-12-16-21(17-13-19)47(41,42)43/h5-6,8-17,30-31H,3-4H2,1-2H3,(H,38,39,40)(H,41,42,43). The van der Waals surface area contributed by atoms with Crippen molar-refractivity contribution in [1.82, 2.24) is 19.6 Å². The fourth-order valence-electron chi connectivity index (χ4n) is 4.14. The van der Waals surface area contributed by atoms with E-state index in [1.807, 2.05) is 0 Å². The van der Waals surface area contributed by atoms with E-state index in [0.717, 1.165) is 39.7 Å². The van der Waals surface area contributed by atoms with Crippen LogP contribution in [0.15, 0.2) is 85.8 Å². The van der Waals surface area contributed by atoms with E-state index < -0.39 is 53.1 Å². The van der Waals surface area contributed by atoms with E-state index in [4.69, 9.17) is 9.47 Å². The summed E-state index contributed by atoms with van der Waals surface area (Å²) in [5.74, 6) is -1.72. The van der Waals surface area contributed by atoms with Gasteiger partial charge in [0, 0.05) is 0 Å². The largest absolute Gasteiger partial charge is 0.461 e. The van der Waals surface area contributed by atoms with Gasteiger partial charge in [0.15, 0.2) is 11.4 Å². The van der Waals surface area contributed by atoms with Crippen LogP contribution in [0.5, 0.6) is 0 Å². The normalized spacial score (nSPS) is 11.7. The highest BCUT2D eigenvalue weighted by atomic mass is 32.2. The Morgan fingerprint density at radius 3 is 1.55 bits per heavy atom. The lowest BCUT2D eigenvalue weighted by Crippen LogP contribution is -2.16. The van der Waals surface area contributed by atoms with Crippen molar-refractivity contribution in [3.05, 3.63) is 110 Å². The average molecular weight is 687 g/mol. The number of H-pyrrole nitrogens is 2. The second-order valence-electron chi connectivity index (χ2n) is 9.30. The van der Waals surface area contributed by atoms with E-state index in [1.165, 1.54) is 42.5 Å². The van der Waals surface area contributed by atoms with Crippen molar-refractivity contribution in [1.29, 1.82) is 0 Å². The summed E-state index contributed by atoms with van der Waals surface area (Å²) in [6.07, 6.45) is 5.02. The van der Waals surface area contributed by atoms with Crippen molar-refractivity contribution in [2.24, 2.45) is 0 Å². The molecule has 4 rings (SSSR count). The summed E-state index contributed by atoms with van der Waals surface area (Å²) in [4.78, 5) is 50.8. The van der Waals surface area contributed by atoms with Crippen molar-refractivity contribution < 1.29 is 45.0 Å². The first-order valence-electron chi connectivity index (χ1n) is 13.5. The Labute approximate surface area is 266 Å². The molecule has 0 saturated heterocycles. The Kier molecular flexibility index (Phi) is 10.1. The number of carbonyl (C=O) groups excluding carboxylic acids is 2. The van der Waals surface area contributed by atoms with Crippen LogP contribution in [0.4, 0.5) is 0 Å². The lowest BCUT2D eigenvalue weighted by molar-refractivity contribution is 0.0509. The highest BCUT2D eigenvalue weighted by molar-refractivity contribution is 7.86. The molecular formula is C29H26N4O12S2. The highest BCUT2D eigenvalue weighted by Crippen LogP contribution is 2.16. The molecule has 2 aromatic carbocycles. The molecule has 0 bridgehead atoms. The van der Waals surface area contributed by atoms with Crippen LogP contribution < -0.4 is 11.1 Å². The fraction of sp³-hybridized carbons (Fsp3) is 0.138. The average Bonchev–Trinajstić information content (AvgIpc) is 3.52. The zero-order chi connectivity index (χ0) is 34.5. The summed E-state index contributed by atoms with van der Waals surface area (Å²) in [5.41, 5.74) is 0.776. The Bertz CT molecular complexity index is 2270. The third-order valence-corrected chi connectivity index (χ3v) is 8.02. The van der Waals surface area contributed by atoms with Gasteiger partial charge in [-0.3, -0.25) is 28.9 Å². The van der Waals surface area contributed by atoms with Gasteiger partial charge in [-0.2, -0.15) is 16.8 Å². The number of esters is 2. The molecule has 0 fully saturated rings. The summed E-state index contributed by atoms with van der Waals surface area (Å²) in [6, 6.07) is 9.20. The Hall–Kier alpha value is -5.52. The van der Waals surface area contributed by atoms with Crippen LogP contribution in [0.2, 0.25) is 0 Å². The van der Waals surface area contributed by atoms with Crippen LogP contribution in [-0.4, -0.2) is 70.7 Å². The number of aromatic nitrogens is 4. The van der Waals surface area contributed by atoms with E-state index in [0.29, 0.717) is 0 Å². The molecule has 18 heteroatoms. The number of carbonyl (C=O) groups is 2. The van der Waals surface area contributed by atoms with Crippen molar-refractivity contribution in [2.75, 3.05) is 13.2 Å². The molecule has 0 spiro atoms. The number of benzene rings is 2. The monoisotopic (exact) mass is 686 g/mol. The van der Waals surface area contributed by atoms with Gasteiger partial charge in [0.05, 0.1) is 45.5 Å². The highest BCUT2D eigenvalue weighted by Gasteiger charge is 2.22. The number of ether oxygens (including phenoxy) is 2. The second kappa shape index (κ2) is 13.9. The third kappa shape index (κ3) is 7.66. The first kappa shape index (κ1) is 34.4. The summed E-state index contributed by atoms with van der Waals surface area (Å²) < 4.78 is 75.8. The predicted molar refractivity (Wildman–Crippen MR) is 166 cm³/mol. The van der Waals surface area contributed by atoms with E-state index >= 15 is 0 Å². The molecule has 2 aromatic heterocycles. The maximum atomic E-state index is 13.2. The lowest BCUT2D eigenvalue weighted by Gasteiger charge is -2.03. The van der Waals surface area contributed by atoms with Crippen LogP contribution in [-0.2, 0) is 29.7 Å². The topological polar surface area (TPSA) is 237 Å². The molecule has 246 valence electrons. The van der Waals surface area contributed by atoms with Crippen LogP contribution in [0.25, 0.3) is 23.5 Å². The molecule has 16 nitrogen and oxygen atoms in total. The molecule has 0 atom stereocenters. The molecule has 2 heterocycles. The summed E-state index contributed by atoms with van der Waals surface area (Å²) in [6.45, 7) is 3.13. The van der Waals surface area contributed by atoms with Gasteiger partial charge in [-0.15, -0.1) is 5.73 Å². The molecular weight excluding hydrogens is 660 g/mol. The molecule has 47 heavy (non-hydrogen) atoms. The second-order valence-corrected chi connectivity index (χ2v) is 12.1. The van der Waals surface area contributed by atoms with E-state index in [1.54, 1.807) is 13.8 Å². The number of hydrogen-bond donors (Lipinski definition) is 4. The maximum absolute atomic E-state index is 13.2.